The number of sulfonamides is 1. The van der Waals surface area contributed by atoms with Crippen molar-refractivity contribution in [2.45, 2.75) is 51.1 Å². The summed E-state index contributed by atoms with van der Waals surface area (Å²) in [7, 11) is -0.379. The molecule has 3 aromatic rings. The minimum absolute atomic E-state index is 0.175. The molecule has 1 fully saturated rings. The predicted molar refractivity (Wildman–Crippen MR) is 177 cm³/mol. The number of hydrogen-bond donors (Lipinski definition) is 1. The van der Waals surface area contributed by atoms with Crippen LogP contribution in [0.15, 0.2) is 65.6 Å². The third-order valence-electron chi connectivity index (χ3n) is 8.44. The van der Waals surface area contributed by atoms with E-state index < -0.39 is 16.1 Å². The molecule has 0 unspecified atom stereocenters. The first-order valence-corrected chi connectivity index (χ1v) is 17.0. The molecular formula is C34H45ClN4O4S. The number of halogens is 1. The fraction of sp³-hybridized carbons (Fsp3) is 0.441. The summed E-state index contributed by atoms with van der Waals surface area (Å²) >= 11 is 6.14. The van der Waals surface area contributed by atoms with E-state index in [0.29, 0.717) is 35.0 Å². The first-order chi connectivity index (χ1) is 21.0. The van der Waals surface area contributed by atoms with E-state index >= 15 is 0 Å². The molecule has 0 aliphatic carbocycles. The average Bonchev–Trinajstić information content (AvgIpc) is 3.00. The van der Waals surface area contributed by atoms with Crippen molar-refractivity contribution in [2.24, 2.45) is 0 Å². The molecule has 1 aliphatic heterocycles. The van der Waals surface area contributed by atoms with E-state index in [4.69, 9.17) is 16.3 Å². The summed E-state index contributed by atoms with van der Waals surface area (Å²) in [6.07, 6.45) is 0.977. The fourth-order valence-corrected chi connectivity index (χ4v) is 7.62. The molecular weight excluding hydrogens is 596 g/mol. The predicted octanol–water partition coefficient (Wildman–Crippen LogP) is 4.83. The number of aryl methyl sites for hydroxylation is 1. The smallest absolute Gasteiger partial charge is 0.241 e. The van der Waals surface area contributed by atoms with Crippen molar-refractivity contribution in [2.75, 3.05) is 53.4 Å². The molecule has 1 saturated heterocycles. The summed E-state index contributed by atoms with van der Waals surface area (Å²) in [5.41, 5.74) is 3.70. The molecule has 238 valence electrons. The first-order valence-electron chi connectivity index (χ1n) is 15.1. The highest BCUT2D eigenvalue weighted by molar-refractivity contribution is 7.89. The summed E-state index contributed by atoms with van der Waals surface area (Å²) in [5, 5.41) is 0.576. The summed E-state index contributed by atoms with van der Waals surface area (Å²) in [4.78, 5) is 21.1. The van der Waals surface area contributed by atoms with Gasteiger partial charge in [-0.25, -0.2) is 8.42 Å². The van der Waals surface area contributed by atoms with Gasteiger partial charge in [-0.1, -0.05) is 54.1 Å². The van der Waals surface area contributed by atoms with Gasteiger partial charge in [-0.2, -0.15) is 4.72 Å². The van der Waals surface area contributed by atoms with Gasteiger partial charge in [0.15, 0.2) is 0 Å². The number of carbonyl (C=O) groups is 1. The van der Waals surface area contributed by atoms with E-state index in [9.17, 15) is 13.2 Å². The molecule has 1 aliphatic rings. The molecule has 1 heterocycles. The number of benzene rings is 3. The minimum atomic E-state index is -4.08. The Hall–Kier alpha value is -2.95. The van der Waals surface area contributed by atoms with Gasteiger partial charge in [0.2, 0.25) is 15.9 Å². The molecule has 0 spiro atoms. The number of nitrogens with zero attached hydrogens (tertiary/aromatic N) is 3. The molecule has 1 atom stereocenters. The highest BCUT2D eigenvalue weighted by Gasteiger charge is 2.32. The Balaban J connectivity index is 1.64. The van der Waals surface area contributed by atoms with Crippen LogP contribution in [-0.4, -0.2) is 88.5 Å². The molecule has 8 nitrogen and oxygen atoms in total. The van der Waals surface area contributed by atoms with Crippen LogP contribution in [0.2, 0.25) is 5.02 Å². The summed E-state index contributed by atoms with van der Waals surface area (Å²) in [6.45, 7) is 11.2. The van der Waals surface area contributed by atoms with E-state index in [1.165, 1.54) is 0 Å². The van der Waals surface area contributed by atoms with Crippen LogP contribution in [0, 0.1) is 20.8 Å². The van der Waals surface area contributed by atoms with Gasteiger partial charge >= 0.3 is 0 Å². The molecule has 1 amide bonds. The largest absolute Gasteiger partial charge is 0.496 e. The van der Waals surface area contributed by atoms with Crippen molar-refractivity contribution in [3.8, 4) is 5.75 Å². The zero-order chi connectivity index (χ0) is 31.9. The van der Waals surface area contributed by atoms with Crippen LogP contribution in [0.1, 0.15) is 34.2 Å². The maximum atomic E-state index is 14.4. The van der Waals surface area contributed by atoms with Gasteiger partial charge < -0.3 is 19.4 Å². The Bertz CT molecular complexity index is 1510. The molecule has 0 aromatic heterocycles. The monoisotopic (exact) mass is 640 g/mol. The molecule has 10 heteroatoms. The first kappa shape index (κ1) is 33.9. The standard InChI is InChI=1S/C34H45ClN4O4S/c1-25-22-32(43-5)26(2)27(3)33(25)44(41,42)36-31(23-28-12-14-30(35)15-13-28)34(40)39(24-29-10-7-6-8-11-29)17-9-16-38-20-18-37(4)19-21-38/h6-8,10-15,22,31,36H,9,16-21,23-24H2,1-5H3/t31-/m0/s1. The van der Waals surface area contributed by atoms with Gasteiger partial charge in [-0.05, 0) is 93.2 Å². The third-order valence-corrected chi connectivity index (χ3v) is 10.5. The molecule has 0 bridgehead atoms. The van der Waals surface area contributed by atoms with Crippen LogP contribution in [0.3, 0.4) is 0 Å². The number of likely N-dealkylation sites (N-methyl/N-ethyl adjacent to an activating group) is 1. The lowest BCUT2D eigenvalue weighted by Crippen LogP contribution is -2.50. The fourth-order valence-electron chi connectivity index (χ4n) is 5.78. The van der Waals surface area contributed by atoms with Crippen LogP contribution in [0.4, 0.5) is 0 Å². The summed E-state index contributed by atoms with van der Waals surface area (Å²) < 4.78 is 36.4. The van der Waals surface area contributed by atoms with Crippen molar-refractivity contribution < 1.29 is 17.9 Å². The van der Waals surface area contributed by atoms with Gasteiger partial charge in [0, 0.05) is 44.3 Å². The Morgan fingerprint density at radius 1 is 0.977 bits per heavy atom. The Kier molecular flexibility index (Phi) is 11.8. The molecule has 0 radical (unpaired) electrons. The van der Waals surface area contributed by atoms with Crippen LogP contribution in [0.5, 0.6) is 5.75 Å². The number of ether oxygens (including phenoxy) is 1. The zero-order valence-corrected chi connectivity index (χ0v) is 28.0. The third kappa shape index (κ3) is 8.82. The number of methoxy groups -OCH3 is 1. The minimum Gasteiger partial charge on any atom is -0.496 e. The highest BCUT2D eigenvalue weighted by atomic mass is 35.5. The van der Waals surface area contributed by atoms with Crippen molar-refractivity contribution in [3.63, 3.8) is 0 Å². The quantitative estimate of drug-likeness (QED) is 0.288. The van der Waals surface area contributed by atoms with Crippen LogP contribution < -0.4 is 9.46 Å². The number of amides is 1. The summed E-state index contributed by atoms with van der Waals surface area (Å²) in [5.74, 6) is 0.369. The lowest BCUT2D eigenvalue weighted by atomic mass is 10.0. The topological polar surface area (TPSA) is 82.2 Å². The lowest BCUT2D eigenvalue weighted by Gasteiger charge is -2.33. The summed E-state index contributed by atoms with van der Waals surface area (Å²) in [6, 6.07) is 17.7. The lowest BCUT2D eigenvalue weighted by molar-refractivity contribution is -0.133. The number of carbonyl (C=O) groups excluding carboxylic acids is 1. The zero-order valence-electron chi connectivity index (χ0n) is 26.5. The molecule has 1 N–H and O–H groups in total. The van der Waals surface area contributed by atoms with E-state index in [0.717, 1.165) is 55.8 Å². The van der Waals surface area contributed by atoms with E-state index in [1.54, 1.807) is 44.1 Å². The van der Waals surface area contributed by atoms with Crippen molar-refractivity contribution in [3.05, 3.63) is 93.5 Å². The van der Waals surface area contributed by atoms with Crippen molar-refractivity contribution in [1.29, 1.82) is 0 Å². The second-order valence-corrected chi connectivity index (χ2v) is 13.8. The SMILES string of the molecule is COc1cc(C)c(S(=O)(=O)N[C@@H](Cc2ccc(Cl)cc2)C(=O)N(CCCN2CCN(C)CC2)Cc2ccccc2)c(C)c1C. The average molecular weight is 641 g/mol. The Labute approximate surface area is 268 Å². The van der Waals surface area contributed by atoms with Gasteiger partial charge in [-0.3, -0.25) is 4.79 Å². The number of rotatable bonds is 13. The normalized spacial score (nSPS) is 15.2. The van der Waals surface area contributed by atoms with E-state index in [2.05, 4.69) is 21.6 Å². The van der Waals surface area contributed by atoms with Crippen molar-refractivity contribution >= 4 is 27.5 Å². The molecule has 44 heavy (non-hydrogen) atoms. The van der Waals surface area contributed by atoms with E-state index in [1.807, 2.05) is 49.4 Å². The van der Waals surface area contributed by atoms with Crippen molar-refractivity contribution in [1.82, 2.24) is 19.4 Å². The molecule has 0 saturated carbocycles. The Morgan fingerprint density at radius 3 is 2.27 bits per heavy atom. The van der Waals surface area contributed by atoms with Gasteiger partial charge in [0.25, 0.3) is 0 Å². The maximum Gasteiger partial charge on any atom is 0.241 e. The van der Waals surface area contributed by atoms with Gasteiger partial charge in [0.1, 0.15) is 11.8 Å². The number of hydrogen-bond acceptors (Lipinski definition) is 6. The van der Waals surface area contributed by atoms with Gasteiger partial charge in [0.05, 0.1) is 12.0 Å². The van der Waals surface area contributed by atoms with Crippen LogP contribution in [-0.2, 0) is 27.8 Å². The number of nitrogens with one attached hydrogen (secondary N) is 1. The second-order valence-electron chi connectivity index (χ2n) is 11.7. The van der Waals surface area contributed by atoms with Crippen LogP contribution >= 0.6 is 11.6 Å². The van der Waals surface area contributed by atoms with E-state index in [-0.39, 0.29) is 17.2 Å². The molecule has 4 rings (SSSR count). The highest BCUT2D eigenvalue weighted by Crippen LogP contribution is 2.31. The Morgan fingerprint density at radius 2 is 1.64 bits per heavy atom. The maximum absolute atomic E-state index is 14.4. The van der Waals surface area contributed by atoms with Gasteiger partial charge in [-0.15, -0.1) is 0 Å². The molecule has 3 aromatic carbocycles. The number of piperazine rings is 1. The second kappa shape index (κ2) is 15.4. The van der Waals surface area contributed by atoms with Crippen LogP contribution in [0.25, 0.3) is 0 Å².